The summed E-state index contributed by atoms with van der Waals surface area (Å²) >= 11 is 0. The van der Waals surface area contributed by atoms with E-state index in [4.69, 9.17) is 9.84 Å². The van der Waals surface area contributed by atoms with Crippen molar-refractivity contribution in [2.75, 3.05) is 6.61 Å². The van der Waals surface area contributed by atoms with Gasteiger partial charge in [-0.2, -0.15) is 0 Å². The number of carbonyl (C=O) groups is 2. The summed E-state index contributed by atoms with van der Waals surface area (Å²) in [6.45, 7) is 8.40. The molecule has 4 nitrogen and oxygen atoms in total. The number of aliphatic carboxylic acids is 1. The first-order valence-electron chi connectivity index (χ1n) is 7.13. The van der Waals surface area contributed by atoms with Crippen molar-refractivity contribution in [3.8, 4) is 5.75 Å². The standard InChI is InChI=1S/C17H22O4/c1-16(2,9-15(19)20)8-13(18)11-5-6-14-12(7-11)17(3,4)10-21-14/h5-7H,8-10H2,1-4H3,(H,19,20). The van der Waals surface area contributed by atoms with E-state index in [9.17, 15) is 9.59 Å². The molecule has 0 fully saturated rings. The highest BCUT2D eigenvalue weighted by molar-refractivity contribution is 5.97. The molecule has 1 aromatic rings. The number of carboxylic acids is 1. The van der Waals surface area contributed by atoms with Gasteiger partial charge in [0.15, 0.2) is 5.78 Å². The lowest BCUT2D eigenvalue weighted by atomic mass is 9.81. The molecular formula is C17H22O4. The molecule has 1 aromatic carbocycles. The summed E-state index contributed by atoms with van der Waals surface area (Å²) in [5.41, 5.74) is 1.03. The predicted octanol–water partition coefficient (Wildman–Crippen LogP) is 3.43. The highest BCUT2D eigenvalue weighted by Gasteiger charge is 2.33. The van der Waals surface area contributed by atoms with Crippen molar-refractivity contribution in [3.63, 3.8) is 0 Å². The second-order valence-electron chi connectivity index (χ2n) is 7.22. The van der Waals surface area contributed by atoms with E-state index in [2.05, 4.69) is 13.8 Å². The molecule has 0 atom stereocenters. The van der Waals surface area contributed by atoms with E-state index in [0.29, 0.717) is 12.2 Å². The molecule has 1 aliphatic rings. The number of rotatable bonds is 5. The Kier molecular flexibility index (Phi) is 3.83. The summed E-state index contributed by atoms with van der Waals surface area (Å²) in [4.78, 5) is 23.3. The second-order valence-corrected chi connectivity index (χ2v) is 7.22. The fourth-order valence-electron chi connectivity index (χ4n) is 2.70. The number of benzene rings is 1. The van der Waals surface area contributed by atoms with E-state index < -0.39 is 11.4 Å². The zero-order valence-electron chi connectivity index (χ0n) is 13.0. The average molecular weight is 290 g/mol. The number of carbonyl (C=O) groups excluding carboxylic acids is 1. The van der Waals surface area contributed by atoms with Gasteiger partial charge in [0.05, 0.1) is 13.0 Å². The largest absolute Gasteiger partial charge is 0.492 e. The minimum Gasteiger partial charge on any atom is -0.492 e. The number of fused-ring (bicyclic) bond motifs is 1. The molecule has 0 aliphatic carbocycles. The van der Waals surface area contributed by atoms with Gasteiger partial charge in [-0.1, -0.05) is 27.7 Å². The predicted molar refractivity (Wildman–Crippen MR) is 79.9 cm³/mol. The van der Waals surface area contributed by atoms with E-state index >= 15 is 0 Å². The molecule has 0 saturated carbocycles. The van der Waals surface area contributed by atoms with Gasteiger partial charge in [0.25, 0.3) is 0 Å². The van der Waals surface area contributed by atoms with Crippen LogP contribution in [0.15, 0.2) is 18.2 Å². The van der Waals surface area contributed by atoms with Crippen LogP contribution in [0.5, 0.6) is 5.75 Å². The van der Waals surface area contributed by atoms with Crippen molar-refractivity contribution in [3.05, 3.63) is 29.3 Å². The molecule has 0 spiro atoms. The third kappa shape index (κ3) is 3.43. The van der Waals surface area contributed by atoms with Gasteiger partial charge in [-0.05, 0) is 23.6 Å². The number of ether oxygens (including phenoxy) is 1. The van der Waals surface area contributed by atoms with E-state index in [0.717, 1.165) is 11.3 Å². The molecule has 114 valence electrons. The van der Waals surface area contributed by atoms with Crippen molar-refractivity contribution >= 4 is 11.8 Å². The van der Waals surface area contributed by atoms with Crippen LogP contribution in [0.1, 0.15) is 56.5 Å². The summed E-state index contributed by atoms with van der Waals surface area (Å²) in [5, 5.41) is 8.90. The van der Waals surface area contributed by atoms with Crippen LogP contribution in [-0.4, -0.2) is 23.5 Å². The van der Waals surface area contributed by atoms with Crippen LogP contribution in [-0.2, 0) is 10.2 Å². The molecule has 21 heavy (non-hydrogen) atoms. The lowest BCUT2D eigenvalue weighted by molar-refractivity contribution is -0.139. The Morgan fingerprint density at radius 3 is 2.57 bits per heavy atom. The van der Waals surface area contributed by atoms with Crippen LogP contribution in [0.25, 0.3) is 0 Å². The fraction of sp³-hybridized carbons (Fsp3) is 0.529. The van der Waals surface area contributed by atoms with Crippen molar-refractivity contribution < 1.29 is 19.4 Å². The summed E-state index contributed by atoms with van der Waals surface area (Å²) in [5.74, 6) is -0.0654. The molecule has 1 aliphatic heterocycles. The summed E-state index contributed by atoms with van der Waals surface area (Å²) in [6, 6.07) is 5.49. The SMILES string of the molecule is CC(C)(CC(=O)O)CC(=O)c1ccc2c(c1)C(C)(C)CO2. The van der Waals surface area contributed by atoms with Crippen molar-refractivity contribution in [2.24, 2.45) is 5.41 Å². The van der Waals surface area contributed by atoms with Gasteiger partial charge in [-0.3, -0.25) is 9.59 Å². The third-order valence-corrected chi connectivity index (χ3v) is 3.89. The first-order valence-corrected chi connectivity index (χ1v) is 7.13. The highest BCUT2D eigenvalue weighted by Crippen LogP contribution is 2.39. The van der Waals surface area contributed by atoms with Gasteiger partial charge in [-0.15, -0.1) is 0 Å². The Morgan fingerprint density at radius 2 is 1.95 bits per heavy atom. The molecule has 0 saturated heterocycles. The number of carboxylic acid groups (broad SMARTS) is 1. The number of hydrogen-bond donors (Lipinski definition) is 1. The van der Waals surface area contributed by atoms with Crippen LogP contribution in [0.4, 0.5) is 0 Å². The smallest absolute Gasteiger partial charge is 0.303 e. The molecule has 0 aromatic heterocycles. The number of hydrogen-bond acceptors (Lipinski definition) is 3. The van der Waals surface area contributed by atoms with Crippen LogP contribution in [0.2, 0.25) is 0 Å². The van der Waals surface area contributed by atoms with Gasteiger partial charge in [0.1, 0.15) is 5.75 Å². The average Bonchev–Trinajstić information content (AvgIpc) is 2.62. The quantitative estimate of drug-likeness (QED) is 0.844. The number of ketones is 1. The zero-order valence-corrected chi connectivity index (χ0v) is 13.0. The minimum absolute atomic E-state index is 0.0156. The van der Waals surface area contributed by atoms with E-state index in [-0.39, 0.29) is 24.0 Å². The van der Waals surface area contributed by atoms with E-state index in [1.807, 2.05) is 12.1 Å². The normalized spacial score (nSPS) is 16.2. The fourth-order valence-corrected chi connectivity index (χ4v) is 2.70. The minimum atomic E-state index is -0.878. The Bertz CT molecular complexity index is 584. The lowest BCUT2D eigenvalue weighted by Gasteiger charge is -2.21. The maximum Gasteiger partial charge on any atom is 0.303 e. The highest BCUT2D eigenvalue weighted by atomic mass is 16.5. The number of Topliss-reactive ketones (excluding diaryl/α,β-unsaturated/α-hetero) is 1. The van der Waals surface area contributed by atoms with Gasteiger partial charge in [0.2, 0.25) is 0 Å². The van der Waals surface area contributed by atoms with E-state index in [1.54, 1.807) is 19.9 Å². The van der Waals surface area contributed by atoms with Crippen molar-refractivity contribution in [1.82, 2.24) is 0 Å². The molecule has 4 heteroatoms. The summed E-state index contributed by atoms with van der Waals surface area (Å²) < 4.78 is 5.61. The molecular weight excluding hydrogens is 268 g/mol. The summed E-state index contributed by atoms with van der Waals surface area (Å²) in [6.07, 6.45) is 0.206. The second kappa shape index (κ2) is 5.17. The molecule has 2 rings (SSSR count). The molecule has 0 amide bonds. The first kappa shape index (κ1) is 15.5. The maximum absolute atomic E-state index is 12.4. The Labute approximate surface area is 125 Å². The summed E-state index contributed by atoms with van der Waals surface area (Å²) in [7, 11) is 0. The Hall–Kier alpha value is -1.84. The zero-order chi connectivity index (χ0) is 15.8. The van der Waals surface area contributed by atoms with Crippen LogP contribution < -0.4 is 4.74 Å². The molecule has 1 N–H and O–H groups in total. The van der Waals surface area contributed by atoms with Gasteiger partial charge in [0, 0.05) is 23.0 Å². The van der Waals surface area contributed by atoms with Crippen LogP contribution >= 0.6 is 0 Å². The first-order chi connectivity index (χ1) is 9.61. The maximum atomic E-state index is 12.4. The molecule has 1 heterocycles. The van der Waals surface area contributed by atoms with E-state index in [1.165, 1.54) is 0 Å². The van der Waals surface area contributed by atoms with Gasteiger partial charge >= 0.3 is 5.97 Å². The molecule has 0 unspecified atom stereocenters. The molecule has 0 bridgehead atoms. The van der Waals surface area contributed by atoms with Crippen molar-refractivity contribution in [2.45, 2.75) is 46.0 Å². The molecule has 0 radical (unpaired) electrons. The van der Waals surface area contributed by atoms with Crippen LogP contribution in [0.3, 0.4) is 0 Å². The lowest BCUT2D eigenvalue weighted by Crippen LogP contribution is -2.21. The third-order valence-electron chi connectivity index (χ3n) is 3.89. The van der Waals surface area contributed by atoms with Gasteiger partial charge in [-0.25, -0.2) is 0 Å². The monoisotopic (exact) mass is 290 g/mol. The Morgan fingerprint density at radius 1 is 1.29 bits per heavy atom. The van der Waals surface area contributed by atoms with Crippen LogP contribution in [0, 0.1) is 5.41 Å². The topological polar surface area (TPSA) is 63.6 Å². The Balaban J connectivity index is 2.20. The van der Waals surface area contributed by atoms with Crippen molar-refractivity contribution in [1.29, 1.82) is 0 Å². The van der Waals surface area contributed by atoms with Gasteiger partial charge < -0.3 is 9.84 Å².